The van der Waals surface area contributed by atoms with Crippen molar-refractivity contribution in [2.24, 2.45) is 46.3 Å². The van der Waals surface area contributed by atoms with Crippen LogP contribution in [0.1, 0.15) is 85.5 Å². The number of nitrogens with zero attached hydrogens (tertiary/aromatic N) is 1. The Morgan fingerprint density at radius 2 is 1.65 bits per heavy atom. The van der Waals surface area contributed by atoms with Crippen molar-refractivity contribution in [1.29, 1.82) is 0 Å². The molecule has 2 aliphatic heterocycles. The molecule has 0 amide bonds. The van der Waals surface area contributed by atoms with Crippen molar-refractivity contribution in [2.75, 3.05) is 6.54 Å². The summed E-state index contributed by atoms with van der Waals surface area (Å²) in [7, 11) is 0. The molecule has 0 aromatic rings. The SMILES string of the molecule is C[C@H]1CC[C@@H]2[C@@H](C)[C@H]3[C@H](C[C@H]4[C@@H]5C[C@@H](O)[C@@]6(O)C[C@@H](O)CC[C@]6(C)[C@H]5CC[C@]34C)N2C1. The lowest BCUT2D eigenvalue weighted by Crippen LogP contribution is -2.68. The molecule has 31 heavy (non-hydrogen) atoms. The minimum atomic E-state index is -1.12. The third-order valence-corrected chi connectivity index (χ3v) is 12.4. The van der Waals surface area contributed by atoms with Crippen LogP contribution in [-0.2, 0) is 0 Å². The summed E-state index contributed by atoms with van der Waals surface area (Å²) < 4.78 is 0. The number of rotatable bonds is 0. The maximum atomic E-state index is 11.7. The summed E-state index contributed by atoms with van der Waals surface area (Å²) in [5, 5.41) is 33.3. The monoisotopic (exact) mass is 431 g/mol. The fourth-order valence-corrected chi connectivity index (χ4v) is 11.0. The van der Waals surface area contributed by atoms with Gasteiger partial charge in [0.25, 0.3) is 0 Å². The van der Waals surface area contributed by atoms with Gasteiger partial charge in [0.05, 0.1) is 17.8 Å². The van der Waals surface area contributed by atoms with E-state index in [1.54, 1.807) is 0 Å². The number of hydrogen-bond acceptors (Lipinski definition) is 4. The second kappa shape index (κ2) is 6.71. The Labute approximate surface area is 188 Å². The Kier molecular flexibility index (Phi) is 4.62. The molecule has 6 fully saturated rings. The van der Waals surface area contributed by atoms with Crippen LogP contribution in [-0.4, -0.2) is 56.7 Å². The minimum Gasteiger partial charge on any atom is -0.393 e. The van der Waals surface area contributed by atoms with Crippen LogP contribution >= 0.6 is 0 Å². The number of hydrogen-bond donors (Lipinski definition) is 3. The van der Waals surface area contributed by atoms with Crippen molar-refractivity contribution in [3.8, 4) is 0 Å². The van der Waals surface area contributed by atoms with Gasteiger partial charge in [-0.3, -0.25) is 4.90 Å². The number of aliphatic hydroxyl groups excluding tert-OH is 2. The maximum absolute atomic E-state index is 11.7. The van der Waals surface area contributed by atoms with Gasteiger partial charge in [0, 0.05) is 30.5 Å². The van der Waals surface area contributed by atoms with Gasteiger partial charge < -0.3 is 15.3 Å². The van der Waals surface area contributed by atoms with Crippen LogP contribution in [0.5, 0.6) is 0 Å². The first-order valence-electron chi connectivity index (χ1n) is 13.4. The molecule has 13 atom stereocenters. The lowest BCUT2D eigenvalue weighted by molar-refractivity contribution is -0.265. The van der Waals surface area contributed by atoms with E-state index in [1.165, 1.54) is 38.6 Å². The average molecular weight is 432 g/mol. The molecule has 176 valence electrons. The first-order chi connectivity index (χ1) is 14.6. The number of fused-ring (bicyclic) bond motifs is 9. The Hall–Kier alpha value is -0.160. The van der Waals surface area contributed by atoms with E-state index < -0.39 is 17.8 Å². The minimum absolute atomic E-state index is 0.263. The predicted octanol–water partition coefficient (Wildman–Crippen LogP) is 3.82. The topological polar surface area (TPSA) is 63.9 Å². The van der Waals surface area contributed by atoms with E-state index in [1.807, 2.05) is 0 Å². The fourth-order valence-electron chi connectivity index (χ4n) is 11.0. The molecular weight excluding hydrogens is 386 g/mol. The highest BCUT2D eigenvalue weighted by Crippen LogP contribution is 2.71. The van der Waals surface area contributed by atoms with Crippen LogP contribution in [0, 0.1) is 46.3 Å². The molecule has 4 nitrogen and oxygen atoms in total. The maximum Gasteiger partial charge on any atom is 0.0985 e. The zero-order chi connectivity index (χ0) is 21.9. The molecule has 4 saturated carbocycles. The first-order valence-corrected chi connectivity index (χ1v) is 13.4. The number of piperidine rings is 1. The second-order valence-corrected chi connectivity index (χ2v) is 13.5. The lowest BCUT2D eigenvalue weighted by atomic mass is 9.42. The first kappa shape index (κ1) is 21.4. The highest BCUT2D eigenvalue weighted by Gasteiger charge is 2.70. The summed E-state index contributed by atoms with van der Waals surface area (Å²) in [6, 6.07) is 1.52. The molecule has 0 aromatic heterocycles. The molecule has 4 heteroatoms. The van der Waals surface area contributed by atoms with Gasteiger partial charge in [0.2, 0.25) is 0 Å². The van der Waals surface area contributed by atoms with Gasteiger partial charge in [-0.25, -0.2) is 0 Å². The third-order valence-electron chi connectivity index (χ3n) is 12.4. The quantitative estimate of drug-likeness (QED) is 0.546. The smallest absolute Gasteiger partial charge is 0.0985 e. The molecule has 6 aliphatic rings. The summed E-state index contributed by atoms with van der Waals surface area (Å²) >= 11 is 0. The van der Waals surface area contributed by atoms with Gasteiger partial charge in [-0.15, -0.1) is 0 Å². The van der Waals surface area contributed by atoms with E-state index in [9.17, 15) is 15.3 Å². The number of aliphatic hydroxyl groups is 3. The van der Waals surface area contributed by atoms with Gasteiger partial charge in [0.15, 0.2) is 0 Å². The van der Waals surface area contributed by atoms with E-state index in [-0.39, 0.29) is 5.41 Å². The van der Waals surface area contributed by atoms with Crippen molar-refractivity contribution in [1.82, 2.24) is 4.90 Å². The molecule has 6 rings (SSSR count). The lowest BCUT2D eigenvalue weighted by Gasteiger charge is -2.65. The van der Waals surface area contributed by atoms with Crippen molar-refractivity contribution < 1.29 is 15.3 Å². The molecule has 2 heterocycles. The van der Waals surface area contributed by atoms with Gasteiger partial charge in [-0.1, -0.05) is 27.7 Å². The van der Waals surface area contributed by atoms with Crippen molar-refractivity contribution >= 4 is 0 Å². The molecule has 0 unspecified atom stereocenters. The van der Waals surface area contributed by atoms with Crippen LogP contribution in [0.2, 0.25) is 0 Å². The van der Waals surface area contributed by atoms with E-state index in [2.05, 4.69) is 32.6 Å². The summed E-state index contributed by atoms with van der Waals surface area (Å²) in [5.74, 6) is 4.08. The van der Waals surface area contributed by atoms with Crippen LogP contribution in [0.15, 0.2) is 0 Å². The van der Waals surface area contributed by atoms with Crippen LogP contribution in [0.3, 0.4) is 0 Å². The van der Waals surface area contributed by atoms with Gasteiger partial charge in [-0.05, 0) is 92.3 Å². The van der Waals surface area contributed by atoms with Crippen molar-refractivity contribution in [3.63, 3.8) is 0 Å². The third kappa shape index (κ3) is 2.57. The largest absolute Gasteiger partial charge is 0.393 e. The summed E-state index contributed by atoms with van der Waals surface area (Å²) in [4.78, 5) is 2.93. The highest BCUT2D eigenvalue weighted by molar-refractivity contribution is 5.20. The van der Waals surface area contributed by atoms with Crippen molar-refractivity contribution in [3.05, 3.63) is 0 Å². The molecule has 2 saturated heterocycles. The van der Waals surface area contributed by atoms with Gasteiger partial charge >= 0.3 is 0 Å². The molecule has 4 aliphatic carbocycles. The van der Waals surface area contributed by atoms with Crippen LogP contribution < -0.4 is 0 Å². The van der Waals surface area contributed by atoms with E-state index in [4.69, 9.17) is 0 Å². The Morgan fingerprint density at radius 3 is 2.42 bits per heavy atom. The normalized spacial score (nSPS) is 63.6. The Balaban J connectivity index is 1.34. The Morgan fingerprint density at radius 1 is 0.871 bits per heavy atom. The van der Waals surface area contributed by atoms with Crippen LogP contribution in [0.25, 0.3) is 0 Å². The zero-order valence-corrected chi connectivity index (χ0v) is 20.1. The summed E-state index contributed by atoms with van der Waals surface area (Å²) in [6.07, 6.45) is 8.09. The zero-order valence-electron chi connectivity index (χ0n) is 20.1. The van der Waals surface area contributed by atoms with E-state index in [0.29, 0.717) is 29.6 Å². The van der Waals surface area contributed by atoms with E-state index >= 15 is 0 Å². The van der Waals surface area contributed by atoms with Crippen molar-refractivity contribution in [2.45, 2.75) is 115 Å². The molecule has 0 bridgehead atoms. The molecule has 0 spiro atoms. The molecule has 0 aromatic carbocycles. The van der Waals surface area contributed by atoms with Gasteiger partial charge in [0.1, 0.15) is 0 Å². The summed E-state index contributed by atoms with van der Waals surface area (Å²) in [5.41, 5.74) is -0.998. The standard InChI is InChI=1S/C27H45NO3/c1-15-5-6-21-16(2)24-22(28(21)14-15)12-20-18-11-23(30)27(31)13-17(29)7-10-26(27,4)19(18)8-9-25(20,24)3/h15-24,29-31H,5-14H2,1-4H3/t15-,16+,17-,18+,19-,20-,21+,22-,23+,24-,25-,26+,27-/m0/s1. The fraction of sp³-hybridized carbons (Fsp3) is 1.00. The molecular formula is C27H45NO3. The van der Waals surface area contributed by atoms with Gasteiger partial charge in [-0.2, -0.15) is 0 Å². The molecule has 0 radical (unpaired) electrons. The average Bonchev–Trinajstić information content (AvgIpc) is 3.17. The molecule has 3 N–H and O–H groups in total. The van der Waals surface area contributed by atoms with E-state index in [0.717, 1.165) is 49.1 Å². The second-order valence-electron chi connectivity index (χ2n) is 13.5. The highest BCUT2D eigenvalue weighted by atomic mass is 16.3. The summed E-state index contributed by atoms with van der Waals surface area (Å²) in [6.45, 7) is 11.1. The van der Waals surface area contributed by atoms with Crippen LogP contribution in [0.4, 0.5) is 0 Å². The Bertz CT molecular complexity index is 744. The predicted molar refractivity (Wildman–Crippen MR) is 121 cm³/mol.